The molecule has 1 fully saturated rings. The maximum atomic E-state index is 13.9. The molecule has 0 spiro atoms. The van der Waals surface area contributed by atoms with E-state index in [1.807, 2.05) is 36.4 Å². The summed E-state index contributed by atoms with van der Waals surface area (Å²) in [5.74, 6) is 0.183. The lowest BCUT2D eigenvalue weighted by Crippen LogP contribution is -2.39. The zero-order chi connectivity index (χ0) is 20.2. The number of carbonyl (C=O) groups excluding carboxylic acids is 1. The number of piperidine rings is 1. The Morgan fingerprint density at radius 2 is 2.00 bits per heavy atom. The van der Waals surface area contributed by atoms with E-state index in [1.165, 1.54) is 6.07 Å². The topological polar surface area (TPSA) is 58.1 Å². The van der Waals surface area contributed by atoms with Gasteiger partial charge in [-0.2, -0.15) is 0 Å². The molecule has 6 heteroatoms. The third-order valence-electron chi connectivity index (χ3n) is 5.25. The number of carbonyl (C=O) groups is 1. The number of halogens is 1. The molecule has 1 amide bonds. The number of hydrogen-bond donors (Lipinski definition) is 1. The molecule has 2 aromatic carbocycles. The highest BCUT2D eigenvalue weighted by atomic mass is 19.1. The van der Waals surface area contributed by atoms with Crippen LogP contribution in [0, 0.1) is 12.7 Å². The first kappa shape index (κ1) is 19.1. The number of likely N-dealkylation sites (tertiary alicyclic amines) is 1. The van der Waals surface area contributed by atoms with E-state index < -0.39 is 0 Å². The summed E-state index contributed by atoms with van der Waals surface area (Å²) in [4.78, 5) is 23.6. The van der Waals surface area contributed by atoms with Gasteiger partial charge in [0.15, 0.2) is 0 Å². The Balaban J connectivity index is 1.49. The van der Waals surface area contributed by atoms with Crippen molar-refractivity contribution in [2.45, 2.75) is 25.7 Å². The Kier molecular flexibility index (Phi) is 5.51. The molecule has 1 N–H and O–H groups in total. The minimum Gasteiger partial charge on any atom is -0.338 e. The maximum Gasteiger partial charge on any atom is 0.253 e. The van der Waals surface area contributed by atoms with Gasteiger partial charge >= 0.3 is 0 Å². The fourth-order valence-electron chi connectivity index (χ4n) is 3.62. The van der Waals surface area contributed by atoms with Crippen LogP contribution in [0.1, 0.15) is 40.4 Å². The average Bonchev–Trinajstić information content (AvgIpc) is 2.76. The van der Waals surface area contributed by atoms with Crippen molar-refractivity contribution in [3.63, 3.8) is 0 Å². The van der Waals surface area contributed by atoms with E-state index in [-0.39, 0.29) is 17.6 Å². The highest BCUT2D eigenvalue weighted by molar-refractivity contribution is 5.94. The molecule has 1 aromatic heterocycles. The summed E-state index contributed by atoms with van der Waals surface area (Å²) in [7, 11) is 0. The number of nitrogens with one attached hydrogen (secondary N) is 1. The first-order chi connectivity index (χ1) is 14.1. The lowest BCUT2D eigenvalue weighted by atomic mass is 9.94. The van der Waals surface area contributed by atoms with Crippen molar-refractivity contribution in [2.24, 2.45) is 0 Å². The summed E-state index contributed by atoms with van der Waals surface area (Å²) in [6.07, 6.45) is 3.58. The molecule has 0 radical (unpaired) electrons. The molecule has 148 valence electrons. The predicted molar refractivity (Wildman–Crippen MR) is 111 cm³/mol. The Labute approximate surface area is 169 Å². The van der Waals surface area contributed by atoms with Crippen LogP contribution in [-0.4, -0.2) is 33.9 Å². The van der Waals surface area contributed by atoms with E-state index >= 15 is 0 Å². The molecular formula is C23H23FN4O. The highest BCUT2D eigenvalue weighted by Gasteiger charge is 2.27. The summed E-state index contributed by atoms with van der Waals surface area (Å²) >= 11 is 0. The number of para-hydroxylation sites is 1. The largest absolute Gasteiger partial charge is 0.338 e. The smallest absolute Gasteiger partial charge is 0.253 e. The van der Waals surface area contributed by atoms with Gasteiger partial charge in [0.25, 0.3) is 5.91 Å². The van der Waals surface area contributed by atoms with Crippen LogP contribution in [0.5, 0.6) is 0 Å². The van der Waals surface area contributed by atoms with Crippen LogP contribution in [0.3, 0.4) is 0 Å². The standard InChI is InChI=1S/C23H23FN4O/c1-16-9-10-17(14-20(16)24)22(29)28-13-5-6-18(15-28)21-11-12-25-23(27-21)26-19-7-3-2-4-8-19/h2-4,7-12,14,18H,5-6,13,15H2,1H3,(H,25,26,27)/t18-/m0/s1. The van der Waals surface area contributed by atoms with Crippen LogP contribution in [0.15, 0.2) is 60.8 Å². The summed E-state index contributed by atoms with van der Waals surface area (Å²) in [6.45, 7) is 2.93. The Morgan fingerprint density at radius 1 is 1.17 bits per heavy atom. The minimum atomic E-state index is -0.350. The molecular weight excluding hydrogens is 367 g/mol. The number of anilines is 2. The first-order valence-corrected chi connectivity index (χ1v) is 9.80. The number of aromatic nitrogens is 2. The maximum absolute atomic E-state index is 13.9. The monoisotopic (exact) mass is 390 g/mol. The van der Waals surface area contributed by atoms with Crippen molar-refractivity contribution in [3.05, 3.63) is 83.4 Å². The second kappa shape index (κ2) is 8.39. The van der Waals surface area contributed by atoms with Gasteiger partial charge in [-0.1, -0.05) is 24.3 Å². The van der Waals surface area contributed by atoms with Crippen LogP contribution >= 0.6 is 0 Å². The van der Waals surface area contributed by atoms with E-state index in [1.54, 1.807) is 30.2 Å². The molecule has 1 aliphatic rings. The zero-order valence-corrected chi connectivity index (χ0v) is 16.3. The van der Waals surface area contributed by atoms with E-state index in [9.17, 15) is 9.18 Å². The number of benzene rings is 2. The van der Waals surface area contributed by atoms with Crippen molar-refractivity contribution < 1.29 is 9.18 Å². The second-order valence-electron chi connectivity index (χ2n) is 7.35. The van der Waals surface area contributed by atoms with Crippen molar-refractivity contribution >= 4 is 17.5 Å². The quantitative estimate of drug-likeness (QED) is 0.702. The molecule has 1 saturated heterocycles. The fourth-order valence-corrected chi connectivity index (χ4v) is 3.62. The summed E-state index contributed by atoms with van der Waals surface area (Å²) in [5.41, 5.74) is 2.76. The predicted octanol–water partition coefficient (Wildman–Crippen LogP) is 4.69. The Morgan fingerprint density at radius 3 is 2.79 bits per heavy atom. The van der Waals surface area contributed by atoms with Gasteiger partial charge in [-0.15, -0.1) is 0 Å². The van der Waals surface area contributed by atoms with Crippen LogP contribution in [0.25, 0.3) is 0 Å². The Bertz CT molecular complexity index is 1010. The molecule has 3 aromatic rings. The number of amides is 1. The molecule has 5 nitrogen and oxygen atoms in total. The van der Waals surface area contributed by atoms with Crippen LogP contribution in [0.2, 0.25) is 0 Å². The zero-order valence-electron chi connectivity index (χ0n) is 16.3. The summed E-state index contributed by atoms with van der Waals surface area (Å²) in [5, 5.41) is 3.21. The summed E-state index contributed by atoms with van der Waals surface area (Å²) in [6, 6.07) is 16.3. The van der Waals surface area contributed by atoms with Crippen molar-refractivity contribution in [2.75, 3.05) is 18.4 Å². The molecule has 0 unspecified atom stereocenters. The first-order valence-electron chi connectivity index (χ1n) is 9.80. The van der Waals surface area contributed by atoms with E-state index in [2.05, 4.69) is 15.3 Å². The van der Waals surface area contributed by atoms with Gasteiger partial charge in [0.2, 0.25) is 5.95 Å². The normalized spacial score (nSPS) is 16.5. The third kappa shape index (κ3) is 4.42. The van der Waals surface area contributed by atoms with Gasteiger partial charge in [-0.25, -0.2) is 14.4 Å². The van der Waals surface area contributed by atoms with Gasteiger partial charge in [0.05, 0.1) is 5.69 Å². The molecule has 29 heavy (non-hydrogen) atoms. The third-order valence-corrected chi connectivity index (χ3v) is 5.25. The molecule has 0 aliphatic carbocycles. The molecule has 0 bridgehead atoms. The number of hydrogen-bond acceptors (Lipinski definition) is 4. The van der Waals surface area contributed by atoms with Gasteiger partial charge in [-0.3, -0.25) is 4.79 Å². The lowest BCUT2D eigenvalue weighted by Gasteiger charge is -2.32. The van der Waals surface area contributed by atoms with Crippen LogP contribution in [-0.2, 0) is 0 Å². The van der Waals surface area contributed by atoms with Gasteiger partial charge < -0.3 is 10.2 Å². The fraction of sp³-hybridized carbons (Fsp3) is 0.261. The number of rotatable bonds is 4. The van der Waals surface area contributed by atoms with E-state index in [0.29, 0.717) is 30.2 Å². The van der Waals surface area contributed by atoms with Crippen molar-refractivity contribution in [1.82, 2.24) is 14.9 Å². The van der Waals surface area contributed by atoms with Crippen LogP contribution in [0.4, 0.5) is 16.0 Å². The van der Waals surface area contributed by atoms with Crippen molar-refractivity contribution in [1.29, 1.82) is 0 Å². The van der Waals surface area contributed by atoms with Gasteiger partial charge in [0, 0.05) is 36.5 Å². The van der Waals surface area contributed by atoms with Gasteiger partial charge in [0.1, 0.15) is 5.82 Å². The molecule has 1 aliphatic heterocycles. The number of nitrogens with zero attached hydrogens (tertiary/aromatic N) is 3. The number of aryl methyl sites for hydroxylation is 1. The molecule has 0 saturated carbocycles. The SMILES string of the molecule is Cc1ccc(C(=O)N2CCC[C@H](c3ccnc(Nc4ccccc4)n3)C2)cc1F. The Hall–Kier alpha value is -3.28. The minimum absolute atomic E-state index is 0.127. The van der Waals surface area contributed by atoms with Crippen molar-refractivity contribution in [3.8, 4) is 0 Å². The molecule has 4 rings (SSSR count). The molecule has 2 heterocycles. The highest BCUT2D eigenvalue weighted by Crippen LogP contribution is 2.27. The van der Waals surface area contributed by atoms with Crippen LogP contribution < -0.4 is 5.32 Å². The second-order valence-corrected chi connectivity index (χ2v) is 7.35. The van der Waals surface area contributed by atoms with Gasteiger partial charge in [-0.05, 0) is 55.7 Å². The van der Waals surface area contributed by atoms with E-state index in [0.717, 1.165) is 24.2 Å². The average molecular weight is 390 g/mol. The summed E-state index contributed by atoms with van der Waals surface area (Å²) < 4.78 is 13.9. The molecule has 1 atom stereocenters. The lowest BCUT2D eigenvalue weighted by molar-refractivity contribution is 0.0705. The van der Waals surface area contributed by atoms with E-state index in [4.69, 9.17) is 0 Å².